The quantitative estimate of drug-likeness (QED) is 0.696. The number of hydrogen-bond acceptors (Lipinski definition) is 7. The molecule has 1 aliphatic heterocycles. The molecular weight excluding hydrogens is 370 g/mol. The van der Waals surface area contributed by atoms with Crippen molar-refractivity contribution in [3.8, 4) is 11.4 Å². The molecule has 1 aliphatic rings. The highest BCUT2D eigenvalue weighted by Gasteiger charge is 2.19. The Balaban J connectivity index is 1.38. The van der Waals surface area contributed by atoms with Gasteiger partial charge in [-0.3, -0.25) is 4.90 Å². The van der Waals surface area contributed by atoms with Gasteiger partial charge in [0.15, 0.2) is 0 Å². The van der Waals surface area contributed by atoms with Crippen molar-refractivity contribution in [2.45, 2.75) is 17.9 Å². The third kappa shape index (κ3) is 3.88. The Morgan fingerprint density at radius 3 is 2.92 bits per heavy atom. The SMILES string of the molecule is O=C1NCCCN1c1ccc(-c2noc(CSCc3cscn3)n2)cc1. The van der Waals surface area contributed by atoms with Crippen molar-refractivity contribution >= 4 is 34.8 Å². The van der Waals surface area contributed by atoms with Crippen LogP contribution < -0.4 is 10.2 Å². The lowest BCUT2D eigenvalue weighted by Gasteiger charge is -2.27. The number of anilines is 1. The first kappa shape index (κ1) is 17.0. The summed E-state index contributed by atoms with van der Waals surface area (Å²) in [5.41, 5.74) is 4.63. The van der Waals surface area contributed by atoms with Crippen LogP contribution >= 0.6 is 23.1 Å². The van der Waals surface area contributed by atoms with E-state index >= 15 is 0 Å². The highest BCUT2D eigenvalue weighted by Crippen LogP contribution is 2.24. The third-order valence-electron chi connectivity index (χ3n) is 3.94. The van der Waals surface area contributed by atoms with Crippen LogP contribution in [-0.2, 0) is 11.5 Å². The molecule has 1 saturated heterocycles. The first-order valence-electron chi connectivity index (χ1n) is 8.23. The van der Waals surface area contributed by atoms with Gasteiger partial charge in [0.1, 0.15) is 0 Å². The number of urea groups is 1. The minimum Gasteiger partial charge on any atom is -0.338 e. The van der Waals surface area contributed by atoms with Crippen molar-refractivity contribution in [2.75, 3.05) is 18.0 Å². The van der Waals surface area contributed by atoms with Gasteiger partial charge in [-0.05, 0) is 30.7 Å². The summed E-state index contributed by atoms with van der Waals surface area (Å²) in [4.78, 5) is 22.3. The highest BCUT2D eigenvalue weighted by atomic mass is 32.2. The summed E-state index contributed by atoms with van der Waals surface area (Å²) >= 11 is 3.29. The van der Waals surface area contributed by atoms with Crippen molar-refractivity contribution < 1.29 is 9.32 Å². The summed E-state index contributed by atoms with van der Waals surface area (Å²) in [7, 11) is 0. The van der Waals surface area contributed by atoms with E-state index in [0.717, 1.165) is 42.2 Å². The zero-order valence-electron chi connectivity index (χ0n) is 13.9. The Morgan fingerprint density at radius 1 is 1.27 bits per heavy atom. The Labute approximate surface area is 158 Å². The lowest BCUT2D eigenvalue weighted by molar-refractivity contribution is 0.243. The van der Waals surface area contributed by atoms with Crippen molar-refractivity contribution in [1.29, 1.82) is 0 Å². The second-order valence-electron chi connectivity index (χ2n) is 5.77. The number of carbonyl (C=O) groups excluding carboxylic acids is 1. The van der Waals surface area contributed by atoms with E-state index in [2.05, 4.69) is 20.4 Å². The third-order valence-corrected chi connectivity index (χ3v) is 5.53. The molecule has 0 atom stereocenters. The van der Waals surface area contributed by atoms with Crippen LogP contribution in [0.5, 0.6) is 0 Å². The average molecular weight is 387 g/mol. The molecule has 9 heteroatoms. The molecule has 134 valence electrons. The van der Waals surface area contributed by atoms with Crippen LogP contribution in [0.2, 0.25) is 0 Å². The van der Waals surface area contributed by atoms with E-state index < -0.39 is 0 Å². The molecule has 26 heavy (non-hydrogen) atoms. The monoisotopic (exact) mass is 387 g/mol. The molecule has 1 aromatic carbocycles. The number of hydrogen-bond donors (Lipinski definition) is 1. The van der Waals surface area contributed by atoms with Crippen LogP contribution in [0, 0.1) is 0 Å². The largest absolute Gasteiger partial charge is 0.338 e. The average Bonchev–Trinajstić information content (AvgIpc) is 3.35. The topological polar surface area (TPSA) is 84.2 Å². The molecule has 0 spiro atoms. The fraction of sp³-hybridized carbons (Fsp3) is 0.294. The molecule has 0 bridgehead atoms. The number of aromatic nitrogens is 3. The summed E-state index contributed by atoms with van der Waals surface area (Å²) < 4.78 is 5.33. The van der Waals surface area contributed by atoms with Crippen LogP contribution in [0.25, 0.3) is 11.4 Å². The van der Waals surface area contributed by atoms with Crippen molar-refractivity contribution in [3.63, 3.8) is 0 Å². The minimum absolute atomic E-state index is 0.0528. The molecule has 0 radical (unpaired) electrons. The van der Waals surface area contributed by atoms with Gasteiger partial charge in [0, 0.05) is 35.5 Å². The minimum atomic E-state index is -0.0528. The number of carbonyl (C=O) groups is 1. The summed E-state index contributed by atoms with van der Waals surface area (Å²) in [6.07, 6.45) is 0.945. The van der Waals surface area contributed by atoms with Gasteiger partial charge in [-0.2, -0.15) is 4.98 Å². The zero-order chi connectivity index (χ0) is 17.8. The Morgan fingerprint density at radius 2 is 2.15 bits per heavy atom. The number of thioether (sulfide) groups is 1. The fourth-order valence-corrected chi connectivity index (χ4v) is 4.07. The molecule has 0 unspecified atom stereocenters. The first-order chi connectivity index (χ1) is 12.8. The van der Waals surface area contributed by atoms with Gasteiger partial charge in [0.05, 0.1) is 17.0 Å². The maximum absolute atomic E-state index is 11.9. The van der Waals surface area contributed by atoms with E-state index in [4.69, 9.17) is 4.52 Å². The number of thiazole rings is 1. The number of nitrogens with one attached hydrogen (secondary N) is 1. The van der Waals surface area contributed by atoms with Crippen molar-refractivity contribution in [1.82, 2.24) is 20.4 Å². The molecule has 1 fully saturated rings. The molecule has 3 heterocycles. The van der Waals surface area contributed by atoms with Gasteiger partial charge < -0.3 is 9.84 Å². The second kappa shape index (κ2) is 7.88. The smallest absolute Gasteiger partial charge is 0.321 e. The van der Waals surface area contributed by atoms with Crippen molar-refractivity contribution in [2.24, 2.45) is 0 Å². The summed E-state index contributed by atoms with van der Waals surface area (Å²) in [5.74, 6) is 2.63. The van der Waals surface area contributed by atoms with Crippen LogP contribution in [0.3, 0.4) is 0 Å². The van der Waals surface area contributed by atoms with Crippen molar-refractivity contribution in [3.05, 3.63) is 46.7 Å². The van der Waals surface area contributed by atoms with Crippen LogP contribution in [0.15, 0.2) is 39.7 Å². The van der Waals surface area contributed by atoms with E-state index in [1.54, 1.807) is 28.0 Å². The Bertz CT molecular complexity index is 864. The lowest BCUT2D eigenvalue weighted by Crippen LogP contribution is -2.46. The Kier molecular flexibility index (Phi) is 5.16. The van der Waals surface area contributed by atoms with Gasteiger partial charge in [0.25, 0.3) is 0 Å². The predicted octanol–water partition coefficient (Wildman–Crippen LogP) is 3.55. The molecule has 2 amide bonds. The molecule has 3 aromatic rings. The van der Waals surface area contributed by atoms with E-state index in [0.29, 0.717) is 17.5 Å². The maximum atomic E-state index is 11.9. The molecular formula is C17H17N5O2S2. The maximum Gasteiger partial charge on any atom is 0.321 e. The highest BCUT2D eigenvalue weighted by molar-refractivity contribution is 7.97. The van der Waals surface area contributed by atoms with E-state index in [1.165, 1.54) is 0 Å². The standard InChI is InChI=1S/C17H17N5O2S2/c23-17-18-6-1-7-22(17)14-4-2-12(3-5-14)16-20-15(24-21-16)10-25-8-13-9-26-11-19-13/h2-5,9,11H,1,6-8,10H2,(H,18,23). The molecule has 0 aliphatic carbocycles. The molecule has 0 saturated carbocycles. The molecule has 1 N–H and O–H groups in total. The fourth-order valence-electron chi connectivity index (χ4n) is 2.65. The van der Waals surface area contributed by atoms with Crippen LogP contribution in [-0.4, -0.2) is 34.2 Å². The molecule has 2 aromatic heterocycles. The van der Waals surface area contributed by atoms with Gasteiger partial charge in [-0.1, -0.05) is 5.16 Å². The predicted molar refractivity (Wildman–Crippen MR) is 102 cm³/mol. The second-order valence-corrected chi connectivity index (χ2v) is 7.47. The van der Waals surface area contributed by atoms with E-state index in [9.17, 15) is 4.79 Å². The van der Waals surface area contributed by atoms with Crippen LogP contribution in [0.4, 0.5) is 10.5 Å². The van der Waals surface area contributed by atoms with Gasteiger partial charge in [-0.15, -0.1) is 23.1 Å². The first-order valence-corrected chi connectivity index (χ1v) is 10.3. The summed E-state index contributed by atoms with van der Waals surface area (Å²) in [6, 6.07) is 7.59. The number of amides is 2. The lowest BCUT2D eigenvalue weighted by atomic mass is 10.1. The van der Waals surface area contributed by atoms with Gasteiger partial charge in [0.2, 0.25) is 11.7 Å². The van der Waals surface area contributed by atoms with Gasteiger partial charge >= 0.3 is 6.03 Å². The molecule has 4 rings (SSSR count). The number of nitrogens with zero attached hydrogens (tertiary/aromatic N) is 4. The molecule has 7 nitrogen and oxygen atoms in total. The normalized spacial score (nSPS) is 14.5. The van der Waals surface area contributed by atoms with Gasteiger partial charge in [-0.25, -0.2) is 9.78 Å². The van der Waals surface area contributed by atoms with E-state index in [1.807, 2.05) is 35.2 Å². The van der Waals surface area contributed by atoms with Crippen LogP contribution in [0.1, 0.15) is 18.0 Å². The zero-order valence-corrected chi connectivity index (χ0v) is 15.6. The number of benzene rings is 1. The summed E-state index contributed by atoms with van der Waals surface area (Å²) in [6.45, 7) is 1.47. The Hall–Kier alpha value is -2.39. The summed E-state index contributed by atoms with van der Waals surface area (Å²) in [5, 5.41) is 8.94. The van der Waals surface area contributed by atoms with E-state index in [-0.39, 0.29) is 6.03 Å². The number of rotatable bonds is 6.